The average Bonchev–Trinajstić information content (AvgIpc) is 3.53. The quantitative estimate of drug-likeness (QED) is 0.0692. The fraction of sp³-hybridized carbons (Fsp3) is 0.440. The molecule has 0 heterocycles. The van der Waals surface area contributed by atoms with E-state index in [1.54, 1.807) is 11.1 Å². The summed E-state index contributed by atoms with van der Waals surface area (Å²) in [7, 11) is 0. The van der Waals surface area contributed by atoms with Gasteiger partial charge in [0.2, 0.25) is 0 Å². The Morgan fingerprint density at radius 3 is 1.24 bits per heavy atom. The number of fused-ring (bicyclic) bond motifs is 6. The van der Waals surface area contributed by atoms with Crippen LogP contribution in [0.5, 0.6) is 0 Å². The van der Waals surface area contributed by atoms with Crippen LogP contribution in [0.15, 0.2) is 98.1 Å². The number of rotatable bonds is 19. The van der Waals surface area contributed by atoms with Crippen molar-refractivity contribution in [1.29, 1.82) is 0 Å². The highest BCUT2D eigenvalue weighted by Gasteiger charge is 2.44. The molecule has 0 fully saturated rings. The van der Waals surface area contributed by atoms with Crippen LogP contribution >= 0.6 is 0 Å². The first kappa shape index (κ1) is 36.2. The van der Waals surface area contributed by atoms with E-state index in [0.29, 0.717) is 0 Å². The van der Waals surface area contributed by atoms with Gasteiger partial charge in [-0.3, -0.25) is 0 Å². The summed E-state index contributed by atoms with van der Waals surface area (Å²) in [5, 5.41) is 0. The second-order valence-corrected chi connectivity index (χ2v) is 15.8. The second kappa shape index (κ2) is 16.1. The lowest BCUT2D eigenvalue weighted by Gasteiger charge is -2.33. The van der Waals surface area contributed by atoms with E-state index in [4.69, 9.17) is 0 Å². The van der Waals surface area contributed by atoms with Gasteiger partial charge in [-0.05, 0) is 107 Å². The molecule has 0 spiro atoms. The van der Waals surface area contributed by atoms with Gasteiger partial charge in [-0.1, -0.05) is 175 Å². The van der Waals surface area contributed by atoms with Crippen molar-refractivity contribution in [2.24, 2.45) is 0 Å². The molecule has 0 unspecified atom stereocenters. The summed E-state index contributed by atoms with van der Waals surface area (Å²) in [4.78, 5) is 0. The van der Waals surface area contributed by atoms with Crippen LogP contribution < -0.4 is 0 Å². The molecule has 0 aromatic heterocycles. The first-order chi connectivity index (χ1) is 24.4. The van der Waals surface area contributed by atoms with E-state index >= 15 is 0 Å². The van der Waals surface area contributed by atoms with Gasteiger partial charge in [-0.25, -0.2) is 0 Å². The molecule has 0 saturated carbocycles. The van der Waals surface area contributed by atoms with Gasteiger partial charge in [0.1, 0.15) is 0 Å². The Bertz CT molecular complexity index is 1770. The van der Waals surface area contributed by atoms with Crippen molar-refractivity contribution in [3.8, 4) is 33.4 Å². The van der Waals surface area contributed by atoms with E-state index in [9.17, 15) is 0 Å². The second-order valence-electron chi connectivity index (χ2n) is 15.8. The van der Waals surface area contributed by atoms with Crippen molar-refractivity contribution in [1.82, 2.24) is 0 Å². The number of allylic oxidation sites excluding steroid dienone is 2. The molecule has 2 aliphatic rings. The summed E-state index contributed by atoms with van der Waals surface area (Å²) >= 11 is 0. The van der Waals surface area contributed by atoms with E-state index in [1.165, 1.54) is 146 Å². The minimum Gasteiger partial charge on any atom is -0.103 e. The summed E-state index contributed by atoms with van der Waals surface area (Å²) in [5.41, 5.74) is 17.1. The molecule has 0 bridgehead atoms. The molecule has 6 rings (SSSR count). The first-order valence-corrected chi connectivity index (χ1v) is 20.2. The molecule has 262 valence electrons. The Balaban J connectivity index is 1.43. The zero-order chi connectivity index (χ0) is 35.1. The van der Waals surface area contributed by atoms with Crippen molar-refractivity contribution >= 4 is 0 Å². The standard InChI is InChI=1S/C50H62/c1-7-11-13-15-17-19-31-50(32-20-18-16-14-12-8-2)46-34-38(6)22-26-42(46)44-28-24-40(36-48(44)50)39-23-27-43-41-25-21-37(5)33-45(41)49(29-9-3,30-10-4)47(43)35-39/h9-10,21-28,33-36H,3-4,7-8,11-20,29-32H2,1-2,5-6H3. The number of benzene rings is 4. The number of aryl methyl sites for hydroxylation is 2. The van der Waals surface area contributed by atoms with Gasteiger partial charge in [0.05, 0.1) is 0 Å². The number of hydrogen-bond donors (Lipinski definition) is 0. The van der Waals surface area contributed by atoms with Crippen LogP contribution in [-0.2, 0) is 10.8 Å². The lowest BCUT2D eigenvalue weighted by atomic mass is 9.70. The average molecular weight is 663 g/mol. The van der Waals surface area contributed by atoms with Gasteiger partial charge in [-0.2, -0.15) is 0 Å². The Kier molecular flexibility index (Phi) is 11.7. The maximum Gasteiger partial charge on any atom is 0.0284 e. The molecule has 0 aliphatic heterocycles. The van der Waals surface area contributed by atoms with Crippen LogP contribution in [0.4, 0.5) is 0 Å². The summed E-state index contributed by atoms with van der Waals surface area (Å²) in [5.74, 6) is 0. The summed E-state index contributed by atoms with van der Waals surface area (Å²) < 4.78 is 0. The lowest BCUT2D eigenvalue weighted by Crippen LogP contribution is -2.26. The zero-order valence-corrected chi connectivity index (χ0v) is 31.8. The Labute approximate surface area is 305 Å². The van der Waals surface area contributed by atoms with Gasteiger partial charge in [0.25, 0.3) is 0 Å². The summed E-state index contributed by atoms with van der Waals surface area (Å²) in [6, 6.07) is 29.1. The molecule has 0 N–H and O–H groups in total. The summed E-state index contributed by atoms with van der Waals surface area (Å²) in [6.45, 7) is 17.6. The molecule has 0 amide bonds. The van der Waals surface area contributed by atoms with Gasteiger partial charge < -0.3 is 0 Å². The molecule has 50 heavy (non-hydrogen) atoms. The monoisotopic (exact) mass is 662 g/mol. The third-order valence-electron chi connectivity index (χ3n) is 12.3. The van der Waals surface area contributed by atoms with E-state index in [0.717, 1.165) is 12.8 Å². The largest absolute Gasteiger partial charge is 0.103 e. The molecule has 4 aromatic rings. The third kappa shape index (κ3) is 6.85. The molecule has 0 saturated heterocycles. The van der Waals surface area contributed by atoms with Crippen LogP contribution in [0, 0.1) is 13.8 Å². The van der Waals surface area contributed by atoms with Crippen molar-refractivity contribution in [2.75, 3.05) is 0 Å². The van der Waals surface area contributed by atoms with E-state index in [-0.39, 0.29) is 10.8 Å². The molecule has 0 heteroatoms. The Morgan fingerprint density at radius 2 is 0.800 bits per heavy atom. The molecule has 4 aromatic carbocycles. The highest BCUT2D eigenvalue weighted by molar-refractivity contribution is 5.87. The Hall–Kier alpha value is -3.64. The first-order valence-electron chi connectivity index (χ1n) is 20.2. The molecule has 0 atom stereocenters. The van der Waals surface area contributed by atoms with Crippen LogP contribution in [0.25, 0.3) is 33.4 Å². The van der Waals surface area contributed by atoms with Crippen molar-refractivity contribution in [2.45, 2.75) is 141 Å². The molecule has 0 nitrogen and oxygen atoms in total. The van der Waals surface area contributed by atoms with Gasteiger partial charge in [0, 0.05) is 10.8 Å². The topological polar surface area (TPSA) is 0 Å². The maximum absolute atomic E-state index is 4.24. The minimum atomic E-state index is -0.125. The summed E-state index contributed by atoms with van der Waals surface area (Å²) in [6.07, 6.45) is 24.7. The third-order valence-corrected chi connectivity index (χ3v) is 12.3. The zero-order valence-electron chi connectivity index (χ0n) is 31.8. The molecular formula is C50H62. The van der Waals surface area contributed by atoms with Crippen molar-refractivity contribution in [3.63, 3.8) is 0 Å². The Morgan fingerprint density at radius 1 is 0.440 bits per heavy atom. The molecule has 0 radical (unpaired) electrons. The van der Waals surface area contributed by atoms with Gasteiger partial charge in [0.15, 0.2) is 0 Å². The van der Waals surface area contributed by atoms with Crippen LogP contribution in [0.3, 0.4) is 0 Å². The smallest absolute Gasteiger partial charge is 0.0284 e. The number of unbranched alkanes of at least 4 members (excludes halogenated alkanes) is 10. The van der Waals surface area contributed by atoms with Gasteiger partial charge in [-0.15, -0.1) is 13.2 Å². The predicted molar refractivity (Wildman–Crippen MR) is 219 cm³/mol. The fourth-order valence-electron chi connectivity index (χ4n) is 9.67. The van der Waals surface area contributed by atoms with E-state index < -0.39 is 0 Å². The van der Waals surface area contributed by atoms with Crippen LogP contribution in [0.2, 0.25) is 0 Å². The number of hydrogen-bond acceptors (Lipinski definition) is 0. The SMILES string of the molecule is C=CCC1(CC=C)c2cc(C)ccc2-c2ccc(-c3ccc4c(c3)C(CCCCCCCC)(CCCCCCCC)c3cc(C)ccc3-4)cc21. The molecule has 2 aliphatic carbocycles. The molecular weight excluding hydrogens is 601 g/mol. The van der Waals surface area contributed by atoms with Crippen LogP contribution in [-0.4, -0.2) is 0 Å². The van der Waals surface area contributed by atoms with E-state index in [1.807, 2.05) is 0 Å². The van der Waals surface area contributed by atoms with Gasteiger partial charge >= 0.3 is 0 Å². The van der Waals surface area contributed by atoms with Crippen LogP contribution in [0.1, 0.15) is 150 Å². The van der Waals surface area contributed by atoms with E-state index in [2.05, 4.69) is 126 Å². The van der Waals surface area contributed by atoms with Crippen molar-refractivity contribution in [3.05, 3.63) is 131 Å². The predicted octanol–water partition coefficient (Wildman–Crippen LogP) is 15.2. The fourth-order valence-corrected chi connectivity index (χ4v) is 9.67. The highest BCUT2D eigenvalue weighted by atomic mass is 14.5. The lowest BCUT2D eigenvalue weighted by molar-refractivity contribution is 0.398. The maximum atomic E-state index is 4.24. The highest BCUT2D eigenvalue weighted by Crippen LogP contribution is 2.57. The van der Waals surface area contributed by atoms with Crippen molar-refractivity contribution < 1.29 is 0 Å². The minimum absolute atomic E-state index is 0.0855. The normalized spacial score (nSPS) is 14.6.